The Balaban J connectivity index is 0. The van der Waals surface area contributed by atoms with Crippen molar-refractivity contribution in [2.75, 3.05) is 0 Å². The number of unbranched alkanes of at least 4 members (excludes halogenated alkanes) is 3. The first-order valence-corrected chi connectivity index (χ1v) is 2.91. The molecule has 0 aromatic rings. The molecule has 7 heavy (non-hydrogen) atoms. The van der Waals surface area contributed by atoms with Crippen molar-refractivity contribution in [3.8, 4) is 0 Å². The van der Waals surface area contributed by atoms with Gasteiger partial charge in [0, 0.05) is 0 Å². The van der Waals surface area contributed by atoms with Crippen LogP contribution in [0.4, 0.5) is 0 Å². The Kier molecular flexibility index (Phi) is 14.5. The van der Waals surface area contributed by atoms with Crippen LogP contribution in [0.15, 0.2) is 0 Å². The Morgan fingerprint density at radius 2 is 1.14 bits per heavy atom. The van der Waals surface area contributed by atoms with Crippen LogP contribution in [0.5, 0.6) is 0 Å². The fourth-order valence-electron chi connectivity index (χ4n) is 0.500. The van der Waals surface area contributed by atoms with E-state index in [9.17, 15) is 0 Å². The minimum atomic E-state index is 0. The third kappa shape index (κ3) is 10.7. The summed E-state index contributed by atoms with van der Waals surface area (Å²) in [7, 11) is 0. The normalized spacial score (nSPS) is 7.71. The second-order valence-electron chi connectivity index (χ2n) is 1.71. The molecule has 0 aromatic heterocycles. The van der Waals surface area contributed by atoms with Crippen molar-refractivity contribution in [2.45, 2.75) is 39.5 Å². The third-order valence-corrected chi connectivity index (χ3v) is 0.957. The molecule has 0 bridgehead atoms. The van der Waals surface area contributed by atoms with E-state index in [0.717, 1.165) is 0 Å². The standard InChI is InChI=1S/C6H14.Co/c1-3-5-6-4-2;/h3-6H2,1-2H3;/q;+2. The van der Waals surface area contributed by atoms with Crippen LogP contribution in [0.3, 0.4) is 0 Å². The number of hydrogen-bond donors (Lipinski definition) is 0. The first-order chi connectivity index (χ1) is 2.91. The van der Waals surface area contributed by atoms with Crippen LogP contribution in [0.2, 0.25) is 0 Å². The van der Waals surface area contributed by atoms with Crippen LogP contribution in [0.1, 0.15) is 39.5 Å². The van der Waals surface area contributed by atoms with E-state index in [1.165, 1.54) is 25.7 Å². The van der Waals surface area contributed by atoms with E-state index < -0.39 is 0 Å². The molecule has 0 aliphatic heterocycles. The molecule has 0 aromatic carbocycles. The van der Waals surface area contributed by atoms with Gasteiger partial charge in [0.2, 0.25) is 0 Å². The average molecular weight is 145 g/mol. The summed E-state index contributed by atoms with van der Waals surface area (Å²) in [4.78, 5) is 0. The molecule has 0 heterocycles. The molecule has 1 radical (unpaired) electrons. The SMILES string of the molecule is CCCCCC.[Co+2]. The van der Waals surface area contributed by atoms with Gasteiger partial charge in [0.05, 0.1) is 0 Å². The van der Waals surface area contributed by atoms with E-state index >= 15 is 0 Å². The molecule has 0 rings (SSSR count). The van der Waals surface area contributed by atoms with Crippen LogP contribution in [0, 0.1) is 0 Å². The molecule has 0 N–H and O–H groups in total. The molecule has 0 unspecified atom stereocenters. The number of hydrogen-bond acceptors (Lipinski definition) is 0. The summed E-state index contributed by atoms with van der Waals surface area (Å²) in [6.07, 6.45) is 5.54. The molecule has 0 aliphatic rings. The molecule has 0 saturated carbocycles. The summed E-state index contributed by atoms with van der Waals surface area (Å²) >= 11 is 0. The first kappa shape index (κ1) is 10.5. The Bertz CT molecular complexity index is 16.1. The van der Waals surface area contributed by atoms with Crippen molar-refractivity contribution >= 4 is 0 Å². The molecular weight excluding hydrogens is 131 g/mol. The van der Waals surface area contributed by atoms with Crippen LogP contribution < -0.4 is 0 Å². The maximum atomic E-state index is 2.23. The molecule has 45 valence electrons. The van der Waals surface area contributed by atoms with E-state index in [1.807, 2.05) is 0 Å². The van der Waals surface area contributed by atoms with Gasteiger partial charge in [0.15, 0.2) is 0 Å². The van der Waals surface area contributed by atoms with Gasteiger partial charge in [-0.05, 0) is 0 Å². The molecule has 0 saturated heterocycles. The summed E-state index contributed by atoms with van der Waals surface area (Å²) in [5.74, 6) is 0. The first-order valence-electron chi connectivity index (χ1n) is 2.91. The Hall–Kier alpha value is 0.506. The Morgan fingerprint density at radius 3 is 1.29 bits per heavy atom. The van der Waals surface area contributed by atoms with Gasteiger partial charge >= 0.3 is 16.8 Å². The fourth-order valence-corrected chi connectivity index (χ4v) is 0.500. The van der Waals surface area contributed by atoms with Crippen LogP contribution in [-0.2, 0) is 16.8 Å². The Morgan fingerprint density at radius 1 is 0.857 bits per heavy atom. The monoisotopic (exact) mass is 145 g/mol. The zero-order chi connectivity index (χ0) is 4.83. The third-order valence-electron chi connectivity index (χ3n) is 0.957. The maximum Gasteiger partial charge on any atom is 2.00 e. The molecule has 1 heteroatoms. The average Bonchev–Trinajstić information content (AvgIpc) is 1.61. The van der Waals surface area contributed by atoms with Crippen molar-refractivity contribution in [1.29, 1.82) is 0 Å². The van der Waals surface area contributed by atoms with Crippen LogP contribution >= 0.6 is 0 Å². The predicted octanol–water partition coefficient (Wildman–Crippen LogP) is 2.58. The van der Waals surface area contributed by atoms with E-state index in [4.69, 9.17) is 0 Å². The van der Waals surface area contributed by atoms with Crippen molar-refractivity contribution in [2.24, 2.45) is 0 Å². The van der Waals surface area contributed by atoms with Gasteiger partial charge in [0.1, 0.15) is 0 Å². The largest absolute Gasteiger partial charge is 2.00 e. The second kappa shape index (κ2) is 9.71. The molecular formula is C6H14Co+2. The van der Waals surface area contributed by atoms with Gasteiger partial charge in [-0.15, -0.1) is 0 Å². The predicted molar refractivity (Wildman–Crippen MR) is 29.8 cm³/mol. The van der Waals surface area contributed by atoms with E-state index in [1.54, 1.807) is 0 Å². The number of rotatable bonds is 3. The smallest absolute Gasteiger partial charge is 0.0654 e. The zero-order valence-corrected chi connectivity index (χ0v) is 6.20. The molecule has 0 fully saturated rings. The second-order valence-corrected chi connectivity index (χ2v) is 1.71. The summed E-state index contributed by atoms with van der Waals surface area (Å²) in [6.45, 7) is 4.46. The topological polar surface area (TPSA) is 0 Å². The summed E-state index contributed by atoms with van der Waals surface area (Å²) in [5, 5.41) is 0. The Labute approximate surface area is 56.9 Å². The summed E-state index contributed by atoms with van der Waals surface area (Å²) < 4.78 is 0. The van der Waals surface area contributed by atoms with Gasteiger partial charge in [-0.25, -0.2) is 0 Å². The molecule has 0 atom stereocenters. The van der Waals surface area contributed by atoms with Gasteiger partial charge < -0.3 is 0 Å². The summed E-state index contributed by atoms with van der Waals surface area (Å²) in [5.41, 5.74) is 0. The minimum absolute atomic E-state index is 0. The van der Waals surface area contributed by atoms with Gasteiger partial charge in [0.25, 0.3) is 0 Å². The van der Waals surface area contributed by atoms with E-state index in [-0.39, 0.29) is 16.8 Å². The van der Waals surface area contributed by atoms with Crippen LogP contribution in [-0.4, -0.2) is 0 Å². The molecule has 0 aliphatic carbocycles. The summed E-state index contributed by atoms with van der Waals surface area (Å²) in [6, 6.07) is 0. The van der Waals surface area contributed by atoms with E-state index in [2.05, 4.69) is 13.8 Å². The molecule has 0 nitrogen and oxygen atoms in total. The van der Waals surface area contributed by atoms with Crippen molar-refractivity contribution in [1.82, 2.24) is 0 Å². The quantitative estimate of drug-likeness (QED) is 0.535. The maximum absolute atomic E-state index is 2.23. The van der Waals surface area contributed by atoms with Crippen molar-refractivity contribution in [3.05, 3.63) is 0 Å². The van der Waals surface area contributed by atoms with Gasteiger partial charge in [-0.3, -0.25) is 0 Å². The van der Waals surface area contributed by atoms with E-state index in [0.29, 0.717) is 0 Å². The zero-order valence-electron chi connectivity index (χ0n) is 5.16. The molecule has 0 amide bonds. The van der Waals surface area contributed by atoms with Gasteiger partial charge in [-0.1, -0.05) is 39.5 Å². The van der Waals surface area contributed by atoms with Crippen LogP contribution in [0.25, 0.3) is 0 Å². The van der Waals surface area contributed by atoms with Gasteiger partial charge in [-0.2, -0.15) is 0 Å². The molecule has 0 spiro atoms. The minimum Gasteiger partial charge on any atom is -0.0654 e. The van der Waals surface area contributed by atoms with Crippen molar-refractivity contribution < 1.29 is 16.8 Å². The van der Waals surface area contributed by atoms with Crippen molar-refractivity contribution in [3.63, 3.8) is 0 Å². The fraction of sp³-hybridized carbons (Fsp3) is 1.00.